The minimum atomic E-state index is -0.556. The standard InChI is InChI=1S/C16H21NO3/c1-2-7-15(18)14-10-6-11-17(14)16(19)20-12-13-8-4-3-5-9-13/h2-5,8-9,14-15,18H,1,6-7,10-12H2/t14-,15-/m0/s1. The van der Waals surface area contributed by atoms with Gasteiger partial charge in [-0.2, -0.15) is 0 Å². The lowest BCUT2D eigenvalue weighted by Crippen LogP contribution is -2.42. The Balaban J connectivity index is 1.89. The van der Waals surface area contributed by atoms with Crippen molar-refractivity contribution < 1.29 is 14.6 Å². The number of amides is 1. The van der Waals surface area contributed by atoms with Gasteiger partial charge in [0.2, 0.25) is 0 Å². The second kappa shape index (κ2) is 7.10. The Morgan fingerprint density at radius 1 is 1.50 bits per heavy atom. The Morgan fingerprint density at radius 3 is 2.95 bits per heavy atom. The van der Waals surface area contributed by atoms with Gasteiger partial charge < -0.3 is 14.7 Å². The van der Waals surface area contributed by atoms with Crippen molar-refractivity contribution in [2.75, 3.05) is 6.54 Å². The summed E-state index contributed by atoms with van der Waals surface area (Å²) in [6, 6.07) is 9.43. The molecule has 2 rings (SSSR count). The van der Waals surface area contributed by atoms with Gasteiger partial charge in [0.25, 0.3) is 0 Å². The molecule has 0 unspecified atom stereocenters. The zero-order chi connectivity index (χ0) is 14.4. The van der Waals surface area contributed by atoms with Crippen molar-refractivity contribution in [2.24, 2.45) is 0 Å². The quantitative estimate of drug-likeness (QED) is 0.841. The van der Waals surface area contributed by atoms with E-state index in [1.165, 1.54) is 0 Å². The molecule has 4 heteroatoms. The van der Waals surface area contributed by atoms with E-state index >= 15 is 0 Å². The van der Waals surface area contributed by atoms with Crippen molar-refractivity contribution in [3.63, 3.8) is 0 Å². The minimum Gasteiger partial charge on any atom is -0.445 e. The molecule has 1 N–H and O–H groups in total. The highest BCUT2D eigenvalue weighted by Crippen LogP contribution is 2.23. The summed E-state index contributed by atoms with van der Waals surface area (Å²) in [7, 11) is 0. The average molecular weight is 275 g/mol. The van der Waals surface area contributed by atoms with Gasteiger partial charge in [0.1, 0.15) is 6.61 Å². The smallest absolute Gasteiger partial charge is 0.410 e. The molecule has 0 bridgehead atoms. The van der Waals surface area contributed by atoms with Crippen molar-refractivity contribution in [1.82, 2.24) is 4.90 Å². The number of aliphatic hydroxyl groups is 1. The SMILES string of the molecule is C=CC[C@H](O)[C@@H]1CCCN1C(=O)OCc1ccccc1. The number of carbonyl (C=O) groups is 1. The van der Waals surface area contributed by atoms with E-state index in [1.54, 1.807) is 11.0 Å². The van der Waals surface area contributed by atoms with Gasteiger partial charge in [-0.1, -0.05) is 36.4 Å². The lowest BCUT2D eigenvalue weighted by atomic mass is 10.1. The number of aliphatic hydroxyl groups excluding tert-OH is 1. The Kier molecular flexibility index (Phi) is 5.18. The number of rotatable bonds is 5. The molecule has 108 valence electrons. The third-order valence-corrected chi connectivity index (χ3v) is 3.59. The van der Waals surface area contributed by atoms with Gasteiger partial charge >= 0.3 is 6.09 Å². The molecule has 0 saturated carbocycles. The summed E-state index contributed by atoms with van der Waals surface area (Å²) in [5.74, 6) is 0. The van der Waals surface area contributed by atoms with Gasteiger partial charge in [-0.15, -0.1) is 6.58 Å². The molecule has 20 heavy (non-hydrogen) atoms. The molecule has 0 radical (unpaired) electrons. The van der Waals surface area contributed by atoms with Crippen LogP contribution < -0.4 is 0 Å². The number of benzene rings is 1. The third-order valence-electron chi connectivity index (χ3n) is 3.59. The van der Waals surface area contributed by atoms with Gasteiger partial charge in [0.05, 0.1) is 12.1 Å². The molecular weight excluding hydrogens is 254 g/mol. The topological polar surface area (TPSA) is 49.8 Å². The predicted molar refractivity (Wildman–Crippen MR) is 77.2 cm³/mol. The fourth-order valence-electron chi connectivity index (χ4n) is 2.55. The van der Waals surface area contributed by atoms with Crippen LogP contribution in [0.5, 0.6) is 0 Å². The highest BCUT2D eigenvalue weighted by molar-refractivity contribution is 5.68. The highest BCUT2D eigenvalue weighted by Gasteiger charge is 2.34. The van der Waals surface area contributed by atoms with Gasteiger partial charge in [-0.3, -0.25) is 0 Å². The van der Waals surface area contributed by atoms with E-state index in [0.29, 0.717) is 13.0 Å². The second-order valence-electron chi connectivity index (χ2n) is 5.03. The van der Waals surface area contributed by atoms with Gasteiger partial charge in [-0.05, 0) is 24.8 Å². The van der Waals surface area contributed by atoms with Crippen LogP contribution in [-0.2, 0) is 11.3 Å². The van der Waals surface area contributed by atoms with Crippen LogP contribution >= 0.6 is 0 Å². The van der Waals surface area contributed by atoms with Crippen LogP contribution in [0.2, 0.25) is 0 Å². The van der Waals surface area contributed by atoms with Crippen LogP contribution in [0.15, 0.2) is 43.0 Å². The van der Waals surface area contributed by atoms with E-state index in [-0.39, 0.29) is 18.7 Å². The van der Waals surface area contributed by atoms with E-state index in [1.807, 2.05) is 30.3 Å². The maximum absolute atomic E-state index is 12.1. The molecule has 1 amide bonds. The molecule has 1 heterocycles. The Labute approximate surface area is 119 Å². The second-order valence-corrected chi connectivity index (χ2v) is 5.03. The van der Waals surface area contributed by atoms with Gasteiger partial charge in [0.15, 0.2) is 0 Å². The van der Waals surface area contributed by atoms with Crippen LogP contribution in [-0.4, -0.2) is 34.8 Å². The molecule has 1 fully saturated rings. The fourth-order valence-corrected chi connectivity index (χ4v) is 2.55. The number of hydrogen-bond donors (Lipinski definition) is 1. The summed E-state index contributed by atoms with van der Waals surface area (Å²) in [5.41, 5.74) is 0.961. The van der Waals surface area contributed by atoms with Gasteiger partial charge in [-0.25, -0.2) is 4.79 Å². The molecular formula is C16H21NO3. The lowest BCUT2D eigenvalue weighted by Gasteiger charge is -2.27. The third kappa shape index (κ3) is 3.61. The predicted octanol–water partition coefficient (Wildman–Crippen LogP) is 2.72. The molecule has 1 aromatic rings. The van der Waals surface area contributed by atoms with E-state index in [2.05, 4.69) is 6.58 Å². The van der Waals surface area contributed by atoms with Crippen LogP contribution in [0, 0.1) is 0 Å². The largest absolute Gasteiger partial charge is 0.445 e. The van der Waals surface area contributed by atoms with Gasteiger partial charge in [0, 0.05) is 6.54 Å². The van der Waals surface area contributed by atoms with E-state index in [4.69, 9.17) is 4.74 Å². The summed E-state index contributed by atoms with van der Waals surface area (Å²) in [6.07, 6.45) is 2.98. The van der Waals surface area contributed by atoms with Crippen molar-refractivity contribution in [3.05, 3.63) is 48.6 Å². The number of carbonyl (C=O) groups excluding carboxylic acids is 1. The Bertz CT molecular complexity index is 446. The normalized spacial score (nSPS) is 19.6. The van der Waals surface area contributed by atoms with E-state index in [9.17, 15) is 9.90 Å². The Hall–Kier alpha value is -1.81. The molecule has 1 aromatic carbocycles. The fraction of sp³-hybridized carbons (Fsp3) is 0.438. The first kappa shape index (κ1) is 14.6. The van der Waals surface area contributed by atoms with Crippen LogP contribution in [0.3, 0.4) is 0 Å². The number of ether oxygens (including phenoxy) is 1. The monoisotopic (exact) mass is 275 g/mol. The Morgan fingerprint density at radius 2 is 2.25 bits per heavy atom. The zero-order valence-electron chi connectivity index (χ0n) is 11.6. The van der Waals surface area contributed by atoms with Crippen molar-refractivity contribution in [3.8, 4) is 0 Å². The molecule has 0 aliphatic carbocycles. The summed E-state index contributed by atoms with van der Waals surface area (Å²) in [6.45, 7) is 4.53. The first-order chi connectivity index (χ1) is 9.72. The van der Waals surface area contributed by atoms with Crippen LogP contribution in [0.4, 0.5) is 4.79 Å². The molecule has 2 atom stereocenters. The minimum absolute atomic E-state index is 0.156. The maximum Gasteiger partial charge on any atom is 0.410 e. The van der Waals surface area contributed by atoms with Crippen molar-refractivity contribution in [1.29, 1.82) is 0 Å². The molecule has 0 aromatic heterocycles. The van der Waals surface area contributed by atoms with E-state index < -0.39 is 6.10 Å². The molecule has 1 aliphatic heterocycles. The first-order valence-electron chi connectivity index (χ1n) is 6.98. The number of nitrogens with zero attached hydrogens (tertiary/aromatic N) is 1. The number of likely N-dealkylation sites (tertiary alicyclic amines) is 1. The molecule has 4 nitrogen and oxygen atoms in total. The summed E-state index contributed by atoms with van der Waals surface area (Å²) in [4.78, 5) is 13.7. The molecule has 0 spiro atoms. The number of hydrogen-bond acceptors (Lipinski definition) is 3. The summed E-state index contributed by atoms with van der Waals surface area (Å²) < 4.78 is 5.32. The highest BCUT2D eigenvalue weighted by atomic mass is 16.6. The summed E-state index contributed by atoms with van der Waals surface area (Å²) in [5, 5.41) is 10.0. The van der Waals surface area contributed by atoms with E-state index in [0.717, 1.165) is 18.4 Å². The zero-order valence-corrected chi connectivity index (χ0v) is 11.6. The average Bonchev–Trinajstić information content (AvgIpc) is 2.96. The van der Waals surface area contributed by atoms with Crippen molar-refractivity contribution >= 4 is 6.09 Å². The maximum atomic E-state index is 12.1. The van der Waals surface area contributed by atoms with Crippen LogP contribution in [0.25, 0.3) is 0 Å². The lowest BCUT2D eigenvalue weighted by molar-refractivity contribution is 0.0494. The molecule has 1 aliphatic rings. The molecule has 1 saturated heterocycles. The first-order valence-corrected chi connectivity index (χ1v) is 6.98. The van der Waals surface area contributed by atoms with Crippen molar-refractivity contribution in [2.45, 2.75) is 38.0 Å². The summed E-state index contributed by atoms with van der Waals surface area (Å²) >= 11 is 0. The van der Waals surface area contributed by atoms with Crippen LogP contribution in [0.1, 0.15) is 24.8 Å².